The van der Waals surface area contributed by atoms with Crippen molar-refractivity contribution in [1.29, 1.82) is 0 Å². The number of nitrogens with zero attached hydrogens (tertiary/aromatic N) is 3. The van der Waals surface area contributed by atoms with E-state index >= 15 is 0 Å². The van der Waals surface area contributed by atoms with Crippen LogP contribution in [0.25, 0.3) is 11.5 Å². The third kappa shape index (κ3) is 2.31. The monoisotopic (exact) mass is 228 g/mol. The van der Waals surface area contributed by atoms with Gasteiger partial charge >= 0.3 is 0 Å². The van der Waals surface area contributed by atoms with Gasteiger partial charge in [0, 0.05) is 29.7 Å². The molecule has 2 aromatic rings. The number of aromatic nitrogens is 3. The van der Waals surface area contributed by atoms with Crippen LogP contribution in [-0.4, -0.2) is 15.0 Å². The predicted molar refractivity (Wildman–Crippen MR) is 67.3 cm³/mol. The molecule has 2 aromatic heterocycles. The van der Waals surface area contributed by atoms with Crippen molar-refractivity contribution in [1.82, 2.24) is 15.0 Å². The first-order valence-corrected chi connectivity index (χ1v) is 5.60. The van der Waals surface area contributed by atoms with Crippen LogP contribution in [0.15, 0.2) is 24.5 Å². The molecule has 0 aliphatic heterocycles. The van der Waals surface area contributed by atoms with Gasteiger partial charge in [-0.2, -0.15) is 0 Å². The van der Waals surface area contributed by atoms with Crippen molar-refractivity contribution in [2.75, 3.05) is 0 Å². The molecule has 1 atom stereocenters. The summed E-state index contributed by atoms with van der Waals surface area (Å²) >= 11 is 0. The molecule has 4 heteroatoms. The molecular weight excluding hydrogens is 212 g/mol. The zero-order chi connectivity index (χ0) is 12.4. The van der Waals surface area contributed by atoms with Crippen LogP contribution in [0.5, 0.6) is 0 Å². The van der Waals surface area contributed by atoms with E-state index < -0.39 is 0 Å². The Morgan fingerprint density at radius 1 is 1.24 bits per heavy atom. The molecular formula is C13H16N4. The molecule has 0 fully saturated rings. The minimum absolute atomic E-state index is 0.0473. The molecule has 0 bridgehead atoms. The Hall–Kier alpha value is -1.81. The first-order valence-electron chi connectivity index (χ1n) is 5.60. The van der Waals surface area contributed by atoms with Crippen LogP contribution in [0.2, 0.25) is 0 Å². The van der Waals surface area contributed by atoms with Gasteiger partial charge in [0.05, 0.1) is 0 Å². The quantitative estimate of drug-likeness (QED) is 0.855. The van der Waals surface area contributed by atoms with Gasteiger partial charge in [0.25, 0.3) is 0 Å². The van der Waals surface area contributed by atoms with Gasteiger partial charge in [0.15, 0.2) is 5.82 Å². The van der Waals surface area contributed by atoms with Crippen LogP contribution in [0.1, 0.15) is 29.8 Å². The highest BCUT2D eigenvalue weighted by molar-refractivity contribution is 5.54. The minimum atomic E-state index is -0.0473. The maximum absolute atomic E-state index is 5.84. The molecule has 4 nitrogen and oxygen atoms in total. The maximum atomic E-state index is 5.84. The molecule has 2 heterocycles. The van der Waals surface area contributed by atoms with Crippen molar-refractivity contribution in [2.24, 2.45) is 5.73 Å². The van der Waals surface area contributed by atoms with Gasteiger partial charge in [-0.3, -0.25) is 4.98 Å². The second kappa shape index (κ2) is 4.59. The zero-order valence-corrected chi connectivity index (χ0v) is 10.3. The average molecular weight is 228 g/mol. The topological polar surface area (TPSA) is 64.7 Å². The van der Waals surface area contributed by atoms with Gasteiger partial charge in [-0.25, -0.2) is 9.97 Å². The summed E-state index contributed by atoms with van der Waals surface area (Å²) in [6, 6.07) is 3.86. The van der Waals surface area contributed by atoms with Crippen molar-refractivity contribution < 1.29 is 0 Å². The maximum Gasteiger partial charge on any atom is 0.178 e. The van der Waals surface area contributed by atoms with E-state index in [9.17, 15) is 0 Å². The van der Waals surface area contributed by atoms with Gasteiger partial charge in [-0.05, 0) is 32.4 Å². The Morgan fingerprint density at radius 3 is 2.59 bits per heavy atom. The molecule has 2 rings (SSSR count). The fraction of sp³-hybridized carbons (Fsp3) is 0.308. The lowest BCUT2D eigenvalue weighted by Crippen LogP contribution is -2.09. The second-order valence-electron chi connectivity index (χ2n) is 4.19. The minimum Gasteiger partial charge on any atom is -0.324 e. The van der Waals surface area contributed by atoms with Crippen LogP contribution < -0.4 is 5.73 Å². The molecule has 0 unspecified atom stereocenters. The molecule has 88 valence electrons. The highest BCUT2D eigenvalue weighted by Crippen LogP contribution is 2.19. The van der Waals surface area contributed by atoms with E-state index in [0.29, 0.717) is 5.82 Å². The smallest absolute Gasteiger partial charge is 0.178 e. The summed E-state index contributed by atoms with van der Waals surface area (Å²) in [5.41, 5.74) is 9.62. The van der Waals surface area contributed by atoms with Crippen molar-refractivity contribution in [2.45, 2.75) is 26.8 Å². The Morgan fingerprint density at radius 2 is 2.00 bits per heavy atom. The molecule has 0 amide bonds. The van der Waals surface area contributed by atoms with Gasteiger partial charge in [0.2, 0.25) is 0 Å². The molecule has 0 aliphatic carbocycles. The summed E-state index contributed by atoms with van der Waals surface area (Å²) in [7, 11) is 0. The lowest BCUT2D eigenvalue weighted by Gasteiger charge is -2.10. The first kappa shape index (κ1) is 11.7. The van der Waals surface area contributed by atoms with Crippen LogP contribution >= 0.6 is 0 Å². The van der Waals surface area contributed by atoms with Gasteiger partial charge in [-0.15, -0.1) is 0 Å². The Kier molecular flexibility index (Phi) is 3.15. The fourth-order valence-corrected chi connectivity index (χ4v) is 1.76. The first-order chi connectivity index (χ1) is 8.09. The normalized spacial score (nSPS) is 12.5. The molecule has 17 heavy (non-hydrogen) atoms. The van der Waals surface area contributed by atoms with E-state index in [1.54, 1.807) is 12.4 Å². The third-order valence-corrected chi connectivity index (χ3v) is 2.73. The third-order valence-electron chi connectivity index (χ3n) is 2.73. The number of hydrogen-bond donors (Lipinski definition) is 1. The SMILES string of the molecule is Cc1cccnc1-c1ncc([C@@H](C)N)c(C)n1. The number of aryl methyl sites for hydroxylation is 2. The summed E-state index contributed by atoms with van der Waals surface area (Å²) in [4.78, 5) is 13.1. The van der Waals surface area contributed by atoms with E-state index in [-0.39, 0.29) is 6.04 Å². The summed E-state index contributed by atoms with van der Waals surface area (Å²) in [5, 5.41) is 0. The summed E-state index contributed by atoms with van der Waals surface area (Å²) in [6.07, 6.45) is 3.54. The molecule has 0 saturated carbocycles. The van der Waals surface area contributed by atoms with Crippen LogP contribution in [0.3, 0.4) is 0 Å². The highest BCUT2D eigenvalue weighted by atomic mass is 14.9. The van der Waals surface area contributed by atoms with Crippen LogP contribution in [0.4, 0.5) is 0 Å². The van der Waals surface area contributed by atoms with Crippen molar-refractivity contribution in [3.8, 4) is 11.5 Å². The fourth-order valence-electron chi connectivity index (χ4n) is 1.76. The number of pyridine rings is 1. The Bertz CT molecular complexity index is 535. The number of rotatable bonds is 2. The molecule has 0 aromatic carbocycles. The average Bonchev–Trinajstić information content (AvgIpc) is 2.29. The summed E-state index contributed by atoms with van der Waals surface area (Å²) in [5.74, 6) is 0.657. The summed E-state index contributed by atoms with van der Waals surface area (Å²) < 4.78 is 0. The molecule has 0 aliphatic rings. The molecule has 0 spiro atoms. The molecule has 2 N–H and O–H groups in total. The van der Waals surface area contributed by atoms with Crippen molar-refractivity contribution >= 4 is 0 Å². The predicted octanol–water partition coefficient (Wildman–Crippen LogP) is 2.18. The van der Waals surface area contributed by atoms with E-state index in [1.165, 1.54) is 0 Å². The zero-order valence-electron chi connectivity index (χ0n) is 10.3. The van der Waals surface area contributed by atoms with Gasteiger partial charge in [0.1, 0.15) is 5.69 Å². The van der Waals surface area contributed by atoms with Crippen molar-refractivity contribution in [3.63, 3.8) is 0 Å². The lowest BCUT2D eigenvalue weighted by molar-refractivity contribution is 0.789. The standard InChI is InChI=1S/C13H16N4/c1-8-5-4-6-15-12(8)13-16-7-11(9(2)14)10(3)17-13/h4-7,9H,14H2,1-3H3/t9-/m1/s1. The van der Waals surface area contributed by atoms with Crippen LogP contribution in [-0.2, 0) is 0 Å². The molecule has 0 saturated heterocycles. The Balaban J connectivity index is 2.49. The number of hydrogen-bond acceptors (Lipinski definition) is 4. The lowest BCUT2D eigenvalue weighted by atomic mass is 10.1. The van der Waals surface area contributed by atoms with E-state index in [2.05, 4.69) is 15.0 Å². The Labute approximate surface area is 101 Å². The van der Waals surface area contributed by atoms with Crippen LogP contribution in [0, 0.1) is 13.8 Å². The van der Waals surface area contributed by atoms with Gasteiger partial charge < -0.3 is 5.73 Å². The van der Waals surface area contributed by atoms with E-state index in [4.69, 9.17) is 5.73 Å². The largest absolute Gasteiger partial charge is 0.324 e. The van der Waals surface area contributed by atoms with E-state index in [1.807, 2.05) is 32.9 Å². The number of nitrogens with two attached hydrogens (primary N) is 1. The second-order valence-corrected chi connectivity index (χ2v) is 4.19. The van der Waals surface area contributed by atoms with Gasteiger partial charge in [-0.1, -0.05) is 6.07 Å². The molecule has 0 radical (unpaired) electrons. The highest BCUT2D eigenvalue weighted by Gasteiger charge is 2.10. The van der Waals surface area contributed by atoms with Crippen molar-refractivity contribution in [3.05, 3.63) is 41.3 Å². The summed E-state index contributed by atoms with van der Waals surface area (Å²) in [6.45, 7) is 5.88. The van der Waals surface area contributed by atoms with E-state index in [0.717, 1.165) is 22.5 Å².